The number of aromatic nitrogens is 2. The van der Waals surface area contributed by atoms with E-state index in [1.54, 1.807) is 31.2 Å². The van der Waals surface area contributed by atoms with Crippen molar-refractivity contribution >= 4 is 16.0 Å². The van der Waals surface area contributed by atoms with Crippen LogP contribution in [-0.2, 0) is 10.0 Å². The van der Waals surface area contributed by atoms with Gasteiger partial charge < -0.3 is 14.7 Å². The van der Waals surface area contributed by atoms with Gasteiger partial charge in [-0.25, -0.2) is 8.42 Å². The standard InChI is InChI=1S/C12H12N3O3S/c1-9-8-11(18-2)14-12(13-9)15-19(16,17)10-6-4-3-5-7-10/h3-8H,1-2H3/q-1. The molecule has 0 saturated carbocycles. The lowest BCUT2D eigenvalue weighted by atomic mass is 10.4. The fraction of sp³-hybridized carbons (Fsp3) is 0.167. The van der Waals surface area contributed by atoms with Gasteiger partial charge in [0, 0.05) is 5.95 Å². The van der Waals surface area contributed by atoms with Crippen LogP contribution in [0.1, 0.15) is 5.69 Å². The molecule has 0 N–H and O–H groups in total. The quantitative estimate of drug-likeness (QED) is 0.856. The van der Waals surface area contributed by atoms with Crippen molar-refractivity contribution in [3.63, 3.8) is 0 Å². The summed E-state index contributed by atoms with van der Waals surface area (Å²) in [5.41, 5.74) is 0.578. The molecular weight excluding hydrogens is 266 g/mol. The highest BCUT2D eigenvalue weighted by molar-refractivity contribution is 7.94. The highest BCUT2D eigenvalue weighted by Crippen LogP contribution is 2.25. The van der Waals surface area contributed by atoms with Crippen molar-refractivity contribution in [2.75, 3.05) is 7.11 Å². The van der Waals surface area contributed by atoms with Gasteiger partial charge in [0.2, 0.25) is 10.0 Å². The highest BCUT2D eigenvalue weighted by Gasteiger charge is 2.11. The predicted octanol–water partition coefficient (Wildman–Crippen LogP) is 2.19. The lowest BCUT2D eigenvalue weighted by Gasteiger charge is -2.15. The summed E-state index contributed by atoms with van der Waals surface area (Å²) in [6.45, 7) is 1.71. The van der Waals surface area contributed by atoms with E-state index in [4.69, 9.17) is 4.74 Å². The molecule has 7 heteroatoms. The summed E-state index contributed by atoms with van der Waals surface area (Å²) in [5, 5.41) is 0. The summed E-state index contributed by atoms with van der Waals surface area (Å²) in [4.78, 5) is 7.94. The molecule has 2 rings (SSSR count). The lowest BCUT2D eigenvalue weighted by molar-refractivity contribution is 0.397. The molecule has 0 aliphatic rings. The van der Waals surface area contributed by atoms with Gasteiger partial charge in [-0.15, -0.1) is 0 Å². The van der Waals surface area contributed by atoms with E-state index in [2.05, 4.69) is 14.7 Å². The van der Waals surface area contributed by atoms with Gasteiger partial charge in [-0.05, 0) is 30.8 Å². The number of ether oxygens (including phenoxy) is 1. The number of sulfonamides is 1. The molecule has 0 atom stereocenters. The number of aryl methyl sites for hydroxylation is 1. The maximum atomic E-state index is 12.0. The zero-order chi connectivity index (χ0) is 13.9. The van der Waals surface area contributed by atoms with Crippen molar-refractivity contribution in [2.24, 2.45) is 0 Å². The van der Waals surface area contributed by atoms with E-state index < -0.39 is 10.0 Å². The number of methoxy groups -OCH3 is 1. The molecule has 0 aliphatic heterocycles. The van der Waals surface area contributed by atoms with Crippen LogP contribution in [0, 0.1) is 6.92 Å². The van der Waals surface area contributed by atoms with E-state index in [0.29, 0.717) is 5.69 Å². The summed E-state index contributed by atoms with van der Waals surface area (Å²) in [6.07, 6.45) is 0. The first-order valence-electron chi connectivity index (χ1n) is 5.44. The first-order chi connectivity index (χ1) is 9.01. The van der Waals surface area contributed by atoms with E-state index in [9.17, 15) is 8.42 Å². The summed E-state index contributed by atoms with van der Waals surface area (Å²) in [5.74, 6) is 0.134. The zero-order valence-electron chi connectivity index (χ0n) is 10.4. The first-order valence-corrected chi connectivity index (χ1v) is 6.88. The summed E-state index contributed by atoms with van der Waals surface area (Å²) < 4.78 is 32.6. The molecule has 0 fully saturated rings. The Hall–Kier alpha value is -2.15. The summed E-state index contributed by atoms with van der Waals surface area (Å²) >= 11 is 0. The van der Waals surface area contributed by atoms with Crippen LogP contribution in [0.2, 0.25) is 0 Å². The monoisotopic (exact) mass is 278 g/mol. The smallest absolute Gasteiger partial charge is 0.229 e. The van der Waals surface area contributed by atoms with Crippen LogP contribution in [0.15, 0.2) is 41.3 Å². The topological polar surface area (TPSA) is 83.2 Å². The van der Waals surface area contributed by atoms with Crippen molar-refractivity contribution in [1.29, 1.82) is 0 Å². The Morgan fingerprint density at radius 2 is 1.84 bits per heavy atom. The SMILES string of the molecule is COc1cc(C)nc([N-]S(=O)(=O)c2ccccc2)n1. The van der Waals surface area contributed by atoms with E-state index >= 15 is 0 Å². The van der Waals surface area contributed by atoms with E-state index in [1.807, 2.05) is 0 Å². The van der Waals surface area contributed by atoms with Crippen LogP contribution in [0.5, 0.6) is 5.88 Å². The third kappa shape index (κ3) is 3.19. The van der Waals surface area contributed by atoms with Gasteiger partial charge in [0.15, 0.2) is 0 Å². The average Bonchev–Trinajstić information content (AvgIpc) is 2.38. The first kappa shape index (κ1) is 13.3. The van der Waals surface area contributed by atoms with Crippen molar-refractivity contribution in [1.82, 2.24) is 9.97 Å². The number of benzene rings is 1. The fourth-order valence-electron chi connectivity index (χ4n) is 1.42. The van der Waals surface area contributed by atoms with E-state index in [1.165, 1.54) is 19.2 Å². The number of nitrogens with zero attached hydrogens (tertiary/aromatic N) is 3. The van der Waals surface area contributed by atoms with Gasteiger partial charge in [0.05, 0.1) is 12.0 Å². The Balaban J connectivity index is 2.33. The molecule has 0 amide bonds. The van der Waals surface area contributed by atoms with E-state index in [-0.39, 0.29) is 16.7 Å². The van der Waals surface area contributed by atoms with Gasteiger partial charge in [-0.2, -0.15) is 0 Å². The molecular formula is C12H12N3O3S-. The number of rotatable bonds is 4. The van der Waals surface area contributed by atoms with Gasteiger partial charge in [0.1, 0.15) is 5.88 Å². The zero-order valence-corrected chi connectivity index (χ0v) is 11.3. The Bertz CT molecular complexity index is 672. The molecule has 6 nitrogen and oxygen atoms in total. The maximum Gasteiger partial charge on any atom is 0.229 e. The van der Waals surface area contributed by atoms with Crippen LogP contribution in [0.25, 0.3) is 4.72 Å². The Labute approximate surface area is 111 Å². The maximum absolute atomic E-state index is 12.0. The Kier molecular flexibility index (Phi) is 3.66. The van der Waals surface area contributed by atoms with Gasteiger partial charge >= 0.3 is 0 Å². The normalized spacial score (nSPS) is 11.1. The number of hydrogen-bond acceptors (Lipinski definition) is 5. The van der Waals surface area contributed by atoms with Gasteiger partial charge in [-0.1, -0.05) is 18.2 Å². The molecule has 0 bridgehead atoms. The molecule has 19 heavy (non-hydrogen) atoms. The second-order valence-electron chi connectivity index (χ2n) is 3.73. The molecule has 0 saturated heterocycles. The minimum atomic E-state index is -3.81. The third-order valence-electron chi connectivity index (χ3n) is 2.27. The number of hydrogen-bond donors (Lipinski definition) is 0. The van der Waals surface area contributed by atoms with Crippen molar-refractivity contribution in [3.05, 3.63) is 46.8 Å². The van der Waals surface area contributed by atoms with E-state index in [0.717, 1.165) is 0 Å². The van der Waals surface area contributed by atoms with Crippen LogP contribution < -0.4 is 4.74 Å². The molecule has 1 heterocycles. The summed E-state index contributed by atoms with van der Waals surface area (Å²) in [7, 11) is -2.37. The molecule has 0 radical (unpaired) electrons. The van der Waals surface area contributed by atoms with Crippen molar-refractivity contribution in [3.8, 4) is 5.88 Å². The fourth-order valence-corrected chi connectivity index (χ4v) is 2.33. The van der Waals surface area contributed by atoms with Crippen LogP contribution >= 0.6 is 0 Å². The Morgan fingerprint density at radius 1 is 1.16 bits per heavy atom. The van der Waals surface area contributed by atoms with Crippen molar-refractivity contribution < 1.29 is 13.2 Å². The molecule has 0 aliphatic carbocycles. The predicted molar refractivity (Wildman–Crippen MR) is 70.0 cm³/mol. The molecule has 2 aromatic rings. The van der Waals surface area contributed by atoms with Gasteiger partial charge in [-0.3, -0.25) is 4.72 Å². The molecule has 100 valence electrons. The minimum Gasteiger partial charge on any atom is -0.493 e. The third-order valence-corrected chi connectivity index (χ3v) is 3.54. The molecule has 1 aromatic heterocycles. The second-order valence-corrected chi connectivity index (χ2v) is 5.34. The second kappa shape index (κ2) is 5.23. The average molecular weight is 278 g/mol. The minimum absolute atomic E-state index is 0.0964. The van der Waals surface area contributed by atoms with Gasteiger partial charge in [0.25, 0.3) is 0 Å². The Morgan fingerprint density at radius 3 is 2.47 bits per heavy atom. The summed E-state index contributed by atoms with van der Waals surface area (Å²) in [6, 6.07) is 9.50. The van der Waals surface area contributed by atoms with Crippen LogP contribution in [0.3, 0.4) is 0 Å². The molecule has 0 spiro atoms. The molecule has 1 aromatic carbocycles. The van der Waals surface area contributed by atoms with Crippen LogP contribution in [0.4, 0.5) is 5.95 Å². The van der Waals surface area contributed by atoms with Crippen LogP contribution in [-0.4, -0.2) is 25.5 Å². The van der Waals surface area contributed by atoms with Crippen molar-refractivity contribution in [2.45, 2.75) is 11.8 Å². The molecule has 0 unspecified atom stereocenters. The highest BCUT2D eigenvalue weighted by atomic mass is 32.2. The lowest BCUT2D eigenvalue weighted by Crippen LogP contribution is -2.00. The largest absolute Gasteiger partial charge is 0.493 e.